The van der Waals surface area contributed by atoms with Crippen molar-refractivity contribution < 1.29 is 17.9 Å². The van der Waals surface area contributed by atoms with Crippen molar-refractivity contribution >= 4 is 78.8 Å². The third-order valence-electron chi connectivity index (χ3n) is 11.0. The minimum atomic E-state index is -4.89. The molecule has 7 aromatic rings. The second-order valence-electron chi connectivity index (χ2n) is 16.6. The van der Waals surface area contributed by atoms with Crippen LogP contribution in [0.2, 0.25) is 0 Å². The summed E-state index contributed by atoms with van der Waals surface area (Å²) in [4.78, 5) is 4.27. The molecule has 0 radical (unpaired) electrons. The van der Waals surface area contributed by atoms with E-state index >= 15 is 0 Å². The number of anilines is 6. The van der Waals surface area contributed by atoms with E-state index in [1.807, 2.05) is 60.7 Å². The molecule has 7 aromatic carbocycles. The van der Waals surface area contributed by atoms with E-state index in [1.54, 1.807) is 12.1 Å². The molecule has 0 aliphatic carbocycles. The Hall–Kier alpha value is -5.69. The normalized spacial score (nSPS) is 13.9. The molecular weight excluding hydrogens is 676 g/mol. The fourth-order valence-corrected chi connectivity index (χ4v) is 8.42. The molecule has 0 saturated heterocycles. The van der Waals surface area contributed by atoms with Crippen molar-refractivity contribution in [2.24, 2.45) is 0 Å². The molecule has 9 rings (SSSR count). The standard InChI is InChI=1S/C47H40BF3N2O/c1-45(2,3)31-19-21-36-29(25-31)17-23-38-43(36)52(33-13-9-7-10-14-33)40-27-35(54-47(49,50)51)28-41-42(40)48(38)39-24-18-30-26-32(46(4,5)6)20-22-37(30)44(39)53(41)34-15-11-8-12-16-34/h7-28H,1-6H3. The van der Waals surface area contributed by atoms with Crippen molar-refractivity contribution in [3.8, 4) is 5.75 Å². The molecule has 0 N–H and O–H groups in total. The molecule has 3 nitrogen and oxygen atoms in total. The Balaban J connectivity index is 1.44. The van der Waals surface area contributed by atoms with E-state index in [0.717, 1.165) is 60.7 Å². The second-order valence-corrected chi connectivity index (χ2v) is 16.6. The molecule has 0 aromatic heterocycles. The first-order valence-electron chi connectivity index (χ1n) is 18.5. The lowest BCUT2D eigenvalue weighted by atomic mass is 9.33. The van der Waals surface area contributed by atoms with Crippen LogP contribution in [-0.4, -0.2) is 13.1 Å². The number of hydrogen-bond donors (Lipinski definition) is 0. The quantitative estimate of drug-likeness (QED) is 0.169. The van der Waals surface area contributed by atoms with Crippen LogP contribution in [0, 0.1) is 0 Å². The molecule has 7 heteroatoms. The fraction of sp³-hybridized carbons (Fsp3) is 0.191. The average molecular weight is 717 g/mol. The van der Waals surface area contributed by atoms with Crippen LogP contribution in [0.25, 0.3) is 21.5 Å². The Labute approximate surface area is 314 Å². The van der Waals surface area contributed by atoms with E-state index in [9.17, 15) is 13.2 Å². The molecule has 0 unspecified atom stereocenters. The van der Waals surface area contributed by atoms with E-state index in [-0.39, 0.29) is 23.3 Å². The zero-order chi connectivity index (χ0) is 37.7. The SMILES string of the molecule is CC(C)(C)c1ccc2c3c(ccc2c1)B1c2ccc4cc(C(C)(C)C)ccc4c2N(c2ccccc2)c2cc(OC(F)(F)F)cc(c21)N3c1ccccc1. The predicted octanol–water partition coefficient (Wildman–Crippen LogP) is 11.6. The first kappa shape index (κ1) is 34.1. The molecule has 0 bridgehead atoms. The van der Waals surface area contributed by atoms with Gasteiger partial charge in [0.25, 0.3) is 6.71 Å². The number of fused-ring (bicyclic) bond motifs is 8. The third kappa shape index (κ3) is 5.52. The lowest BCUT2D eigenvalue weighted by molar-refractivity contribution is -0.274. The van der Waals surface area contributed by atoms with E-state index in [1.165, 1.54) is 11.1 Å². The number of para-hydroxylation sites is 2. The maximum Gasteiger partial charge on any atom is 0.573 e. The van der Waals surface area contributed by atoms with Crippen LogP contribution in [0.3, 0.4) is 0 Å². The molecule has 2 heterocycles. The lowest BCUT2D eigenvalue weighted by Gasteiger charge is -2.45. The van der Waals surface area contributed by atoms with Gasteiger partial charge >= 0.3 is 6.36 Å². The summed E-state index contributed by atoms with van der Waals surface area (Å²) in [7, 11) is 0. The first-order chi connectivity index (χ1) is 25.7. The van der Waals surface area contributed by atoms with Gasteiger partial charge in [0, 0.05) is 57.0 Å². The molecule has 0 atom stereocenters. The van der Waals surface area contributed by atoms with Crippen molar-refractivity contribution in [3.63, 3.8) is 0 Å². The molecule has 0 fully saturated rings. The summed E-state index contributed by atoms with van der Waals surface area (Å²) >= 11 is 0. The highest BCUT2D eigenvalue weighted by Gasteiger charge is 2.45. The Kier molecular flexibility index (Phi) is 7.52. The van der Waals surface area contributed by atoms with Gasteiger partial charge in [-0.1, -0.05) is 139 Å². The molecule has 0 spiro atoms. The number of rotatable bonds is 3. The van der Waals surface area contributed by atoms with Gasteiger partial charge in [-0.25, -0.2) is 0 Å². The van der Waals surface area contributed by atoms with Gasteiger partial charge < -0.3 is 14.5 Å². The Morgan fingerprint density at radius 2 is 0.926 bits per heavy atom. The Morgan fingerprint density at radius 1 is 0.500 bits per heavy atom. The highest BCUT2D eigenvalue weighted by Crippen LogP contribution is 2.49. The molecule has 0 amide bonds. The van der Waals surface area contributed by atoms with Gasteiger partial charge in [0.2, 0.25) is 0 Å². The van der Waals surface area contributed by atoms with E-state index in [0.29, 0.717) is 11.4 Å². The van der Waals surface area contributed by atoms with Crippen LogP contribution in [0.15, 0.2) is 133 Å². The van der Waals surface area contributed by atoms with E-state index < -0.39 is 6.36 Å². The number of benzene rings is 7. The number of halogens is 3. The molecule has 268 valence electrons. The molecule has 2 aliphatic rings. The van der Waals surface area contributed by atoms with Crippen LogP contribution < -0.4 is 30.9 Å². The second kappa shape index (κ2) is 11.9. The summed E-state index contributed by atoms with van der Waals surface area (Å²) in [6, 6.07) is 45.1. The Bertz CT molecular complexity index is 2440. The van der Waals surface area contributed by atoms with Crippen molar-refractivity contribution in [2.45, 2.75) is 58.7 Å². The van der Waals surface area contributed by atoms with Crippen molar-refractivity contribution in [3.05, 3.63) is 145 Å². The van der Waals surface area contributed by atoms with Crippen molar-refractivity contribution in [1.82, 2.24) is 0 Å². The number of alkyl halides is 3. The smallest absolute Gasteiger partial charge is 0.406 e. The van der Waals surface area contributed by atoms with Gasteiger partial charge in [-0.3, -0.25) is 0 Å². The largest absolute Gasteiger partial charge is 0.573 e. The molecule has 0 saturated carbocycles. The summed E-state index contributed by atoms with van der Waals surface area (Å²) in [6.07, 6.45) is -4.89. The van der Waals surface area contributed by atoms with Crippen LogP contribution >= 0.6 is 0 Å². The van der Waals surface area contributed by atoms with Crippen LogP contribution in [-0.2, 0) is 10.8 Å². The molecular formula is C47H40BF3N2O. The number of ether oxygens (including phenoxy) is 1. The van der Waals surface area contributed by atoms with Gasteiger partial charge in [0.05, 0.1) is 0 Å². The first-order valence-corrected chi connectivity index (χ1v) is 18.5. The maximum absolute atomic E-state index is 14.3. The number of nitrogens with zero attached hydrogens (tertiary/aromatic N) is 2. The van der Waals surface area contributed by atoms with E-state index in [2.05, 4.69) is 112 Å². The summed E-state index contributed by atoms with van der Waals surface area (Å²) in [6.45, 7) is 12.9. The third-order valence-corrected chi connectivity index (χ3v) is 11.0. The van der Waals surface area contributed by atoms with Gasteiger partial charge in [-0.2, -0.15) is 0 Å². The topological polar surface area (TPSA) is 15.7 Å². The monoisotopic (exact) mass is 716 g/mol. The minimum absolute atomic E-state index is 0.0638. The fourth-order valence-electron chi connectivity index (χ4n) is 8.42. The lowest BCUT2D eigenvalue weighted by Crippen LogP contribution is -2.61. The van der Waals surface area contributed by atoms with Crippen molar-refractivity contribution in [2.75, 3.05) is 9.80 Å². The Morgan fingerprint density at radius 3 is 1.31 bits per heavy atom. The zero-order valence-corrected chi connectivity index (χ0v) is 31.2. The summed E-state index contributed by atoms with van der Waals surface area (Å²) in [5, 5.41) is 4.20. The summed E-state index contributed by atoms with van der Waals surface area (Å²) < 4.78 is 47.6. The van der Waals surface area contributed by atoms with E-state index in [4.69, 9.17) is 4.74 Å². The van der Waals surface area contributed by atoms with Gasteiger partial charge in [-0.15, -0.1) is 13.2 Å². The summed E-state index contributed by atoms with van der Waals surface area (Å²) in [5.41, 5.74) is 10.3. The highest BCUT2D eigenvalue weighted by molar-refractivity contribution is 7.00. The predicted molar refractivity (Wildman–Crippen MR) is 220 cm³/mol. The molecule has 2 aliphatic heterocycles. The van der Waals surface area contributed by atoms with Crippen LogP contribution in [0.5, 0.6) is 5.75 Å². The van der Waals surface area contributed by atoms with Crippen molar-refractivity contribution in [1.29, 1.82) is 0 Å². The highest BCUT2D eigenvalue weighted by atomic mass is 19.4. The average Bonchev–Trinajstić information content (AvgIpc) is 3.13. The van der Waals surface area contributed by atoms with Gasteiger partial charge in [-0.05, 0) is 73.4 Å². The van der Waals surface area contributed by atoms with Gasteiger partial charge in [0.1, 0.15) is 5.75 Å². The molecule has 54 heavy (non-hydrogen) atoms. The number of hydrogen-bond acceptors (Lipinski definition) is 3. The minimum Gasteiger partial charge on any atom is -0.406 e. The van der Waals surface area contributed by atoms with Crippen LogP contribution in [0.1, 0.15) is 52.7 Å². The zero-order valence-electron chi connectivity index (χ0n) is 31.2. The van der Waals surface area contributed by atoms with Gasteiger partial charge in [0.15, 0.2) is 0 Å². The maximum atomic E-state index is 14.3. The van der Waals surface area contributed by atoms with Crippen LogP contribution in [0.4, 0.5) is 47.3 Å². The summed E-state index contributed by atoms with van der Waals surface area (Å²) in [5.74, 6) is -0.269.